The number of aromatic amines is 1. The second kappa shape index (κ2) is 4.72. The molecule has 0 saturated carbocycles. The van der Waals surface area contributed by atoms with Crippen LogP contribution in [0.4, 0.5) is 8.78 Å². The van der Waals surface area contributed by atoms with Crippen molar-refractivity contribution in [1.29, 1.82) is 0 Å². The minimum Gasteiger partial charge on any atom is -0.360 e. The molecule has 3 aromatic rings. The first-order valence-electron chi connectivity index (χ1n) is 5.83. The number of nitrogens with one attached hydrogen (secondary N) is 1. The summed E-state index contributed by atoms with van der Waals surface area (Å²) >= 11 is 5.67. The number of hydrogen-bond acceptors (Lipinski definition) is 1. The van der Waals surface area contributed by atoms with E-state index in [0.29, 0.717) is 10.9 Å². The van der Waals surface area contributed by atoms with Gasteiger partial charge in [-0.3, -0.25) is 4.79 Å². The molecule has 0 bridgehead atoms. The fourth-order valence-electron chi connectivity index (χ4n) is 2.11. The van der Waals surface area contributed by atoms with Gasteiger partial charge in [0.2, 0.25) is 0 Å². The van der Waals surface area contributed by atoms with Crippen LogP contribution in [-0.2, 0) is 0 Å². The topological polar surface area (TPSA) is 32.9 Å². The Morgan fingerprint density at radius 3 is 2.70 bits per heavy atom. The average molecular weight is 292 g/mol. The predicted molar refractivity (Wildman–Crippen MR) is 73.1 cm³/mol. The summed E-state index contributed by atoms with van der Waals surface area (Å²) in [6.45, 7) is 0. The maximum absolute atomic E-state index is 13.9. The van der Waals surface area contributed by atoms with Crippen LogP contribution in [0.25, 0.3) is 10.9 Å². The molecule has 2 aromatic carbocycles. The second-order valence-corrected chi connectivity index (χ2v) is 4.73. The monoisotopic (exact) mass is 291 g/mol. The Labute approximate surface area is 118 Å². The third kappa shape index (κ3) is 1.98. The number of fused-ring (bicyclic) bond motifs is 1. The third-order valence-electron chi connectivity index (χ3n) is 3.08. The van der Waals surface area contributed by atoms with Crippen molar-refractivity contribution < 1.29 is 13.6 Å². The van der Waals surface area contributed by atoms with Crippen molar-refractivity contribution >= 4 is 28.3 Å². The maximum atomic E-state index is 13.9. The molecule has 20 heavy (non-hydrogen) atoms. The number of H-pyrrole nitrogens is 1. The van der Waals surface area contributed by atoms with Gasteiger partial charge in [0.25, 0.3) is 0 Å². The van der Waals surface area contributed by atoms with Gasteiger partial charge in [-0.15, -0.1) is 0 Å². The van der Waals surface area contributed by atoms with E-state index < -0.39 is 17.4 Å². The molecule has 100 valence electrons. The molecule has 0 spiro atoms. The van der Waals surface area contributed by atoms with Gasteiger partial charge in [-0.1, -0.05) is 17.7 Å². The molecule has 0 aliphatic rings. The van der Waals surface area contributed by atoms with Crippen LogP contribution < -0.4 is 0 Å². The lowest BCUT2D eigenvalue weighted by Crippen LogP contribution is -2.03. The fourth-order valence-corrected chi connectivity index (χ4v) is 2.29. The van der Waals surface area contributed by atoms with Crippen molar-refractivity contribution in [2.24, 2.45) is 0 Å². The Bertz CT molecular complexity index is 826. The first-order chi connectivity index (χ1) is 9.58. The van der Waals surface area contributed by atoms with Crippen molar-refractivity contribution in [2.75, 3.05) is 0 Å². The molecule has 0 radical (unpaired) electrons. The van der Waals surface area contributed by atoms with Crippen LogP contribution in [0.2, 0.25) is 5.02 Å². The van der Waals surface area contributed by atoms with Crippen molar-refractivity contribution in [2.45, 2.75) is 0 Å². The van der Waals surface area contributed by atoms with E-state index in [1.165, 1.54) is 42.6 Å². The van der Waals surface area contributed by atoms with Gasteiger partial charge in [0.05, 0.1) is 10.6 Å². The molecule has 1 heterocycles. The van der Waals surface area contributed by atoms with Crippen molar-refractivity contribution in [1.82, 2.24) is 4.98 Å². The Kier molecular flexibility index (Phi) is 3.03. The lowest BCUT2D eigenvalue weighted by Gasteiger charge is -2.03. The number of hydrogen-bond donors (Lipinski definition) is 1. The summed E-state index contributed by atoms with van der Waals surface area (Å²) in [6, 6.07) is 8.26. The molecular weight excluding hydrogens is 284 g/mol. The normalized spacial score (nSPS) is 10.9. The van der Waals surface area contributed by atoms with E-state index in [9.17, 15) is 13.6 Å². The Balaban J connectivity index is 2.16. The lowest BCUT2D eigenvalue weighted by molar-refractivity contribution is 0.103. The molecule has 0 atom stereocenters. The molecule has 0 saturated heterocycles. The molecule has 3 rings (SSSR count). The van der Waals surface area contributed by atoms with Crippen molar-refractivity contribution in [3.63, 3.8) is 0 Å². The first-order valence-corrected chi connectivity index (χ1v) is 6.21. The molecule has 0 unspecified atom stereocenters. The Morgan fingerprint density at radius 1 is 1.10 bits per heavy atom. The zero-order valence-electron chi connectivity index (χ0n) is 10.1. The fraction of sp³-hybridized carbons (Fsp3) is 0. The highest BCUT2D eigenvalue weighted by atomic mass is 35.5. The third-order valence-corrected chi connectivity index (χ3v) is 3.38. The molecule has 0 aliphatic carbocycles. The van der Waals surface area contributed by atoms with Crippen LogP contribution in [0, 0.1) is 11.6 Å². The number of halogens is 3. The van der Waals surface area contributed by atoms with Crippen LogP contribution in [0.1, 0.15) is 15.9 Å². The summed E-state index contributed by atoms with van der Waals surface area (Å²) in [4.78, 5) is 15.2. The van der Waals surface area contributed by atoms with Crippen molar-refractivity contribution in [3.8, 4) is 0 Å². The zero-order valence-corrected chi connectivity index (χ0v) is 10.8. The first kappa shape index (κ1) is 12.8. The second-order valence-electron chi connectivity index (χ2n) is 4.32. The number of carbonyl (C=O) groups is 1. The summed E-state index contributed by atoms with van der Waals surface area (Å²) in [5.41, 5.74) is 0.652. The van der Waals surface area contributed by atoms with Gasteiger partial charge < -0.3 is 4.98 Å². The molecule has 0 amide bonds. The van der Waals surface area contributed by atoms with Gasteiger partial charge in [-0.2, -0.15) is 0 Å². The minimum atomic E-state index is -0.754. The molecule has 1 N–H and O–H groups in total. The van der Waals surface area contributed by atoms with E-state index in [4.69, 9.17) is 11.6 Å². The van der Waals surface area contributed by atoms with E-state index in [1.54, 1.807) is 0 Å². The molecule has 5 heteroatoms. The number of carbonyl (C=O) groups excluding carboxylic acids is 1. The molecule has 2 nitrogen and oxygen atoms in total. The Hall–Kier alpha value is -2.20. The molecule has 0 fully saturated rings. The van der Waals surface area contributed by atoms with Gasteiger partial charge in [0.15, 0.2) is 11.6 Å². The van der Waals surface area contributed by atoms with E-state index in [-0.39, 0.29) is 16.1 Å². The van der Waals surface area contributed by atoms with Gasteiger partial charge in [-0.05, 0) is 30.3 Å². The van der Waals surface area contributed by atoms with Gasteiger partial charge in [0, 0.05) is 22.7 Å². The average Bonchev–Trinajstić information content (AvgIpc) is 2.84. The Morgan fingerprint density at radius 2 is 1.90 bits per heavy atom. The highest BCUT2D eigenvalue weighted by Gasteiger charge is 2.19. The summed E-state index contributed by atoms with van der Waals surface area (Å²) in [7, 11) is 0. The number of ketones is 1. The summed E-state index contributed by atoms with van der Waals surface area (Å²) in [5, 5.41) is 0.428. The molecule has 1 aromatic heterocycles. The van der Waals surface area contributed by atoms with Gasteiger partial charge >= 0.3 is 0 Å². The zero-order chi connectivity index (χ0) is 14.3. The predicted octanol–water partition coefficient (Wildman–Crippen LogP) is 4.33. The molecular formula is C15H8ClF2NO. The van der Waals surface area contributed by atoms with Crippen LogP contribution in [-0.4, -0.2) is 10.8 Å². The highest BCUT2D eigenvalue weighted by molar-refractivity contribution is 6.31. The van der Waals surface area contributed by atoms with E-state index in [0.717, 1.165) is 0 Å². The van der Waals surface area contributed by atoms with E-state index in [2.05, 4.69) is 4.98 Å². The van der Waals surface area contributed by atoms with Crippen molar-refractivity contribution in [3.05, 3.63) is 70.4 Å². The summed E-state index contributed by atoms with van der Waals surface area (Å²) < 4.78 is 27.0. The summed E-state index contributed by atoms with van der Waals surface area (Å²) in [6.07, 6.45) is 1.44. The number of benzene rings is 2. The van der Waals surface area contributed by atoms with Crippen LogP contribution >= 0.6 is 11.6 Å². The number of aromatic nitrogens is 1. The largest absolute Gasteiger partial charge is 0.360 e. The number of rotatable bonds is 2. The van der Waals surface area contributed by atoms with Gasteiger partial charge in [0.1, 0.15) is 5.82 Å². The van der Waals surface area contributed by atoms with Crippen LogP contribution in [0.15, 0.2) is 42.6 Å². The van der Waals surface area contributed by atoms with Crippen LogP contribution in [0.5, 0.6) is 0 Å². The van der Waals surface area contributed by atoms with E-state index >= 15 is 0 Å². The quantitative estimate of drug-likeness (QED) is 0.700. The standard InChI is InChI=1S/C15H8ClF2NO/c16-12-3-1-2-10(14(12)18)15(20)11-7-19-13-6-8(17)4-5-9(11)13/h1-7,19H. The maximum Gasteiger partial charge on any atom is 0.198 e. The molecule has 0 aliphatic heterocycles. The van der Waals surface area contributed by atoms with Gasteiger partial charge in [-0.25, -0.2) is 8.78 Å². The van der Waals surface area contributed by atoms with E-state index in [1.807, 2.05) is 0 Å². The highest BCUT2D eigenvalue weighted by Crippen LogP contribution is 2.25. The summed E-state index contributed by atoms with van der Waals surface area (Å²) in [5.74, 6) is -1.66. The lowest BCUT2D eigenvalue weighted by atomic mass is 10.0. The SMILES string of the molecule is O=C(c1cccc(Cl)c1F)c1c[nH]c2cc(F)ccc12. The van der Waals surface area contributed by atoms with Crippen LogP contribution in [0.3, 0.4) is 0 Å². The minimum absolute atomic E-state index is 0.109. The smallest absolute Gasteiger partial charge is 0.198 e.